The molecule has 1 rings (SSSR count). The van der Waals surface area contributed by atoms with Gasteiger partial charge in [0.2, 0.25) is 5.91 Å². The Morgan fingerprint density at radius 3 is 2.65 bits per heavy atom. The number of nitrogens with one attached hydrogen (secondary N) is 1. The monoisotopic (exact) mass is 317 g/mol. The van der Waals surface area contributed by atoms with E-state index < -0.39 is 6.04 Å². The molecule has 0 spiro atoms. The Kier molecular flexibility index (Phi) is 10.3. The molecule has 1 atom stereocenters. The number of rotatable bonds is 8. The molecular formula is C14H24ClN3OS. The van der Waals surface area contributed by atoms with Crippen LogP contribution in [0, 0.1) is 0 Å². The average molecular weight is 318 g/mol. The van der Waals surface area contributed by atoms with Gasteiger partial charge in [-0.1, -0.05) is 18.2 Å². The number of para-hydroxylation sites is 1. The van der Waals surface area contributed by atoms with Crippen molar-refractivity contribution in [3.8, 4) is 0 Å². The Bertz CT molecular complexity index is 378. The minimum atomic E-state index is -0.394. The van der Waals surface area contributed by atoms with Crippen molar-refractivity contribution in [1.82, 2.24) is 5.32 Å². The molecule has 0 unspecified atom stereocenters. The van der Waals surface area contributed by atoms with Gasteiger partial charge in [0.25, 0.3) is 0 Å². The van der Waals surface area contributed by atoms with Crippen molar-refractivity contribution >= 4 is 35.8 Å². The van der Waals surface area contributed by atoms with Crippen LogP contribution in [0.25, 0.3) is 0 Å². The molecule has 0 bridgehead atoms. The molecule has 6 heteroatoms. The summed E-state index contributed by atoms with van der Waals surface area (Å²) in [7, 11) is 2.01. The maximum absolute atomic E-state index is 11.7. The van der Waals surface area contributed by atoms with Gasteiger partial charge in [0.05, 0.1) is 6.04 Å². The number of anilines is 1. The first-order chi connectivity index (χ1) is 9.15. The Balaban J connectivity index is 0.00000361. The Hall–Kier alpha value is -0.910. The SMILES string of the molecule is CSCC[C@H](N)C(=O)NCCN(C)c1ccccc1.Cl. The fraction of sp³-hybridized carbons (Fsp3) is 0.500. The Labute approximate surface area is 131 Å². The van der Waals surface area contributed by atoms with E-state index in [-0.39, 0.29) is 18.3 Å². The zero-order valence-electron chi connectivity index (χ0n) is 12.0. The number of benzene rings is 1. The average Bonchev–Trinajstić information content (AvgIpc) is 2.45. The molecule has 0 radical (unpaired) electrons. The zero-order valence-corrected chi connectivity index (χ0v) is 13.7. The van der Waals surface area contributed by atoms with Gasteiger partial charge in [-0.25, -0.2) is 0 Å². The quantitative estimate of drug-likeness (QED) is 0.767. The summed E-state index contributed by atoms with van der Waals surface area (Å²) in [6.07, 6.45) is 2.74. The molecule has 0 aromatic heterocycles. The van der Waals surface area contributed by atoms with E-state index in [0.29, 0.717) is 6.54 Å². The van der Waals surface area contributed by atoms with E-state index in [1.807, 2.05) is 43.6 Å². The minimum Gasteiger partial charge on any atom is -0.373 e. The maximum Gasteiger partial charge on any atom is 0.237 e. The van der Waals surface area contributed by atoms with E-state index in [4.69, 9.17) is 5.73 Å². The van der Waals surface area contributed by atoms with Crippen LogP contribution in [-0.2, 0) is 4.79 Å². The minimum absolute atomic E-state index is 0. The molecule has 0 fully saturated rings. The molecule has 1 aromatic rings. The third-order valence-electron chi connectivity index (χ3n) is 2.91. The van der Waals surface area contributed by atoms with Crippen molar-refractivity contribution in [3.63, 3.8) is 0 Å². The number of carbonyl (C=O) groups excluding carboxylic acids is 1. The van der Waals surface area contributed by atoms with Gasteiger partial charge >= 0.3 is 0 Å². The van der Waals surface area contributed by atoms with Gasteiger partial charge in [-0.3, -0.25) is 4.79 Å². The Morgan fingerprint density at radius 2 is 2.05 bits per heavy atom. The van der Waals surface area contributed by atoms with E-state index in [0.717, 1.165) is 24.4 Å². The molecule has 0 aliphatic rings. The van der Waals surface area contributed by atoms with Crippen LogP contribution in [0.5, 0.6) is 0 Å². The Morgan fingerprint density at radius 1 is 1.40 bits per heavy atom. The lowest BCUT2D eigenvalue weighted by molar-refractivity contribution is -0.122. The number of carbonyl (C=O) groups is 1. The van der Waals surface area contributed by atoms with Crippen molar-refractivity contribution in [3.05, 3.63) is 30.3 Å². The molecule has 4 nitrogen and oxygen atoms in total. The van der Waals surface area contributed by atoms with Gasteiger partial charge in [0.1, 0.15) is 0 Å². The third kappa shape index (κ3) is 7.03. The number of amides is 1. The topological polar surface area (TPSA) is 58.4 Å². The predicted molar refractivity (Wildman–Crippen MR) is 90.9 cm³/mol. The molecule has 1 aromatic carbocycles. The number of nitrogens with zero attached hydrogens (tertiary/aromatic N) is 1. The summed E-state index contributed by atoms with van der Waals surface area (Å²) in [5.41, 5.74) is 6.93. The summed E-state index contributed by atoms with van der Waals surface area (Å²) >= 11 is 1.71. The summed E-state index contributed by atoms with van der Waals surface area (Å²) in [5, 5.41) is 2.88. The van der Waals surface area contributed by atoms with Crippen LogP contribution in [0.3, 0.4) is 0 Å². The molecular weight excluding hydrogens is 294 g/mol. The van der Waals surface area contributed by atoms with E-state index >= 15 is 0 Å². The lowest BCUT2D eigenvalue weighted by Crippen LogP contribution is -2.43. The largest absolute Gasteiger partial charge is 0.373 e. The summed E-state index contributed by atoms with van der Waals surface area (Å²) in [6.45, 7) is 1.38. The normalized spacial score (nSPS) is 11.3. The predicted octanol–water partition coefficient (Wildman–Crippen LogP) is 1.74. The second-order valence-electron chi connectivity index (χ2n) is 4.44. The molecule has 3 N–H and O–H groups in total. The van der Waals surface area contributed by atoms with E-state index in [9.17, 15) is 4.79 Å². The number of thioether (sulfide) groups is 1. The van der Waals surface area contributed by atoms with E-state index in [2.05, 4.69) is 10.2 Å². The molecule has 0 saturated heterocycles. The lowest BCUT2D eigenvalue weighted by Gasteiger charge is -2.20. The molecule has 1 amide bonds. The smallest absolute Gasteiger partial charge is 0.237 e. The van der Waals surface area contributed by atoms with Gasteiger partial charge in [-0.05, 0) is 30.6 Å². The van der Waals surface area contributed by atoms with Crippen molar-refractivity contribution in [2.75, 3.05) is 37.0 Å². The number of halogens is 1. The van der Waals surface area contributed by atoms with E-state index in [1.165, 1.54) is 0 Å². The van der Waals surface area contributed by atoms with Gasteiger partial charge in [0.15, 0.2) is 0 Å². The number of nitrogens with two attached hydrogens (primary N) is 1. The second kappa shape index (κ2) is 10.8. The first-order valence-corrected chi connectivity index (χ1v) is 7.83. The van der Waals surface area contributed by atoms with Gasteiger partial charge in [-0.15, -0.1) is 12.4 Å². The van der Waals surface area contributed by atoms with Crippen LogP contribution < -0.4 is 16.0 Å². The summed E-state index contributed by atoms with van der Waals surface area (Å²) in [6, 6.07) is 9.70. The van der Waals surface area contributed by atoms with Gasteiger partial charge < -0.3 is 16.0 Å². The van der Waals surface area contributed by atoms with Crippen LogP contribution in [0.1, 0.15) is 6.42 Å². The van der Waals surface area contributed by atoms with Crippen LogP contribution in [-0.4, -0.2) is 44.1 Å². The molecule has 0 heterocycles. The highest BCUT2D eigenvalue weighted by Gasteiger charge is 2.12. The summed E-state index contributed by atoms with van der Waals surface area (Å²) < 4.78 is 0. The highest BCUT2D eigenvalue weighted by atomic mass is 35.5. The second-order valence-corrected chi connectivity index (χ2v) is 5.42. The van der Waals surface area contributed by atoms with Crippen molar-refractivity contribution in [2.45, 2.75) is 12.5 Å². The zero-order chi connectivity index (χ0) is 14.1. The molecule has 0 aliphatic heterocycles. The maximum atomic E-state index is 11.7. The molecule has 0 aliphatic carbocycles. The van der Waals surface area contributed by atoms with Gasteiger partial charge in [0, 0.05) is 25.8 Å². The first-order valence-electron chi connectivity index (χ1n) is 6.43. The molecule has 20 heavy (non-hydrogen) atoms. The van der Waals surface area contributed by atoms with E-state index in [1.54, 1.807) is 11.8 Å². The number of likely N-dealkylation sites (N-methyl/N-ethyl adjacent to an activating group) is 1. The van der Waals surface area contributed by atoms with Crippen molar-refractivity contribution < 1.29 is 4.79 Å². The van der Waals surface area contributed by atoms with Crippen molar-refractivity contribution in [2.24, 2.45) is 5.73 Å². The van der Waals surface area contributed by atoms with Gasteiger partial charge in [-0.2, -0.15) is 11.8 Å². The van der Waals surface area contributed by atoms with Crippen LogP contribution in [0.2, 0.25) is 0 Å². The highest BCUT2D eigenvalue weighted by molar-refractivity contribution is 7.98. The molecule has 114 valence electrons. The first kappa shape index (κ1) is 19.1. The number of hydrogen-bond acceptors (Lipinski definition) is 4. The fourth-order valence-electron chi connectivity index (χ4n) is 1.67. The van der Waals surface area contributed by atoms with Crippen LogP contribution in [0.15, 0.2) is 30.3 Å². The molecule has 0 saturated carbocycles. The van der Waals surface area contributed by atoms with Crippen LogP contribution >= 0.6 is 24.2 Å². The highest BCUT2D eigenvalue weighted by Crippen LogP contribution is 2.09. The fourth-order valence-corrected chi connectivity index (χ4v) is 2.16. The van der Waals surface area contributed by atoms with Crippen LogP contribution in [0.4, 0.5) is 5.69 Å². The standard InChI is InChI=1S/C14H23N3OS.ClH/c1-17(12-6-4-3-5-7-12)10-9-16-14(18)13(15)8-11-19-2;/h3-7,13H,8-11,15H2,1-2H3,(H,16,18);1H/t13-;/m0./s1. The number of hydrogen-bond donors (Lipinski definition) is 2. The summed E-state index contributed by atoms with van der Waals surface area (Å²) in [5.74, 6) is 0.855. The lowest BCUT2D eigenvalue weighted by atomic mass is 10.2. The van der Waals surface area contributed by atoms with Crippen molar-refractivity contribution in [1.29, 1.82) is 0 Å². The third-order valence-corrected chi connectivity index (χ3v) is 3.56. The summed E-state index contributed by atoms with van der Waals surface area (Å²) in [4.78, 5) is 13.8.